The quantitative estimate of drug-likeness (QED) is 0.580. The van der Waals surface area contributed by atoms with Gasteiger partial charge in [-0.3, -0.25) is 9.59 Å². The van der Waals surface area contributed by atoms with Gasteiger partial charge in [0.15, 0.2) is 0 Å². The molecule has 2 aliphatic rings. The van der Waals surface area contributed by atoms with E-state index in [0.717, 1.165) is 32.1 Å². The van der Waals surface area contributed by atoms with E-state index in [2.05, 4.69) is 0 Å². The molecule has 1 saturated heterocycles. The van der Waals surface area contributed by atoms with Gasteiger partial charge in [0.1, 0.15) is 6.61 Å². The van der Waals surface area contributed by atoms with E-state index in [4.69, 9.17) is 15.2 Å². The number of nitrogens with zero attached hydrogens (tertiary/aromatic N) is 1. The van der Waals surface area contributed by atoms with Gasteiger partial charge in [-0.15, -0.1) is 0 Å². The lowest BCUT2D eigenvalue weighted by Gasteiger charge is -2.34. The second-order valence-electron chi connectivity index (χ2n) is 5.70. The Hall–Kier alpha value is -1.14. The maximum absolute atomic E-state index is 12.3. The highest BCUT2D eigenvalue weighted by atomic mass is 16.5. The topological polar surface area (TPSA) is 81.9 Å². The average molecular weight is 284 g/mol. The van der Waals surface area contributed by atoms with E-state index in [1.54, 1.807) is 0 Å². The van der Waals surface area contributed by atoms with Crippen LogP contribution < -0.4 is 5.73 Å². The summed E-state index contributed by atoms with van der Waals surface area (Å²) in [4.78, 5) is 26.0. The summed E-state index contributed by atoms with van der Waals surface area (Å²) in [6.07, 6.45) is 4.90. The van der Waals surface area contributed by atoms with E-state index in [-0.39, 0.29) is 29.9 Å². The number of hydrogen-bond acceptors (Lipinski definition) is 5. The minimum Gasteiger partial charge on any atom is -0.469 e. The minimum absolute atomic E-state index is 0.0354. The molecule has 0 aromatic rings. The van der Waals surface area contributed by atoms with E-state index in [1.807, 2.05) is 4.90 Å². The molecule has 1 spiro atoms. The number of ether oxygens (including phenoxy) is 2. The Bertz CT molecular complexity index is 366. The fourth-order valence-electron chi connectivity index (χ4n) is 3.57. The van der Waals surface area contributed by atoms with Gasteiger partial charge in [0.05, 0.1) is 19.6 Å². The number of likely N-dealkylation sites (tertiary alicyclic amines) is 1. The Labute approximate surface area is 119 Å². The van der Waals surface area contributed by atoms with Crippen molar-refractivity contribution in [2.45, 2.75) is 37.6 Å². The Balaban J connectivity index is 2.04. The Kier molecular flexibility index (Phi) is 4.99. The van der Waals surface area contributed by atoms with Crippen molar-refractivity contribution in [3.63, 3.8) is 0 Å². The smallest absolute Gasteiger partial charge is 0.310 e. The Morgan fingerprint density at radius 1 is 1.35 bits per heavy atom. The van der Waals surface area contributed by atoms with E-state index in [9.17, 15) is 9.59 Å². The molecule has 2 fully saturated rings. The molecule has 1 amide bonds. The van der Waals surface area contributed by atoms with Gasteiger partial charge >= 0.3 is 5.97 Å². The maximum Gasteiger partial charge on any atom is 0.310 e. The predicted molar refractivity (Wildman–Crippen MR) is 72.9 cm³/mol. The number of carbonyl (C=O) groups excluding carboxylic acids is 2. The highest BCUT2D eigenvalue weighted by Crippen LogP contribution is 2.45. The maximum atomic E-state index is 12.3. The van der Waals surface area contributed by atoms with Crippen molar-refractivity contribution >= 4 is 11.9 Å². The summed E-state index contributed by atoms with van der Waals surface area (Å²) in [7, 11) is 1.40. The van der Waals surface area contributed by atoms with Crippen molar-refractivity contribution in [2.24, 2.45) is 11.7 Å². The van der Waals surface area contributed by atoms with Crippen LogP contribution in [0.5, 0.6) is 0 Å². The number of rotatable bonds is 5. The van der Waals surface area contributed by atoms with E-state index in [1.165, 1.54) is 7.11 Å². The van der Waals surface area contributed by atoms with Crippen LogP contribution in [-0.4, -0.2) is 55.7 Å². The third kappa shape index (κ3) is 2.96. The Morgan fingerprint density at radius 2 is 2.05 bits per heavy atom. The van der Waals surface area contributed by atoms with Crippen LogP contribution in [0.3, 0.4) is 0 Å². The largest absolute Gasteiger partial charge is 0.469 e. The molecule has 0 radical (unpaired) electrons. The molecule has 1 unspecified atom stereocenters. The van der Waals surface area contributed by atoms with Crippen molar-refractivity contribution < 1.29 is 19.1 Å². The minimum atomic E-state index is -0.213. The first-order valence-electron chi connectivity index (χ1n) is 7.29. The van der Waals surface area contributed by atoms with Crippen LogP contribution in [-0.2, 0) is 19.1 Å². The van der Waals surface area contributed by atoms with E-state index in [0.29, 0.717) is 19.7 Å². The summed E-state index contributed by atoms with van der Waals surface area (Å²) in [5.74, 6) is -0.447. The molecule has 6 nitrogen and oxygen atoms in total. The van der Waals surface area contributed by atoms with Crippen LogP contribution in [0.1, 0.15) is 32.1 Å². The van der Waals surface area contributed by atoms with Gasteiger partial charge in [0.2, 0.25) is 5.91 Å². The van der Waals surface area contributed by atoms with Crippen molar-refractivity contribution in [3.05, 3.63) is 0 Å². The average Bonchev–Trinajstić information content (AvgIpc) is 3.06. The second kappa shape index (κ2) is 6.54. The summed E-state index contributed by atoms with van der Waals surface area (Å²) >= 11 is 0. The molecule has 0 aromatic heterocycles. The molecule has 2 N–H and O–H groups in total. The molecule has 1 atom stereocenters. The van der Waals surface area contributed by atoms with Crippen molar-refractivity contribution in [1.29, 1.82) is 0 Å². The first-order valence-corrected chi connectivity index (χ1v) is 7.29. The Morgan fingerprint density at radius 3 is 2.65 bits per heavy atom. The fourth-order valence-corrected chi connectivity index (χ4v) is 3.57. The molecule has 2 rings (SSSR count). The lowest BCUT2D eigenvalue weighted by molar-refractivity contribution is -0.145. The number of carbonyl (C=O) groups is 2. The van der Waals surface area contributed by atoms with Gasteiger partial charge in [-0.2, -0.15) is 0 Å². The van der Waals surface area contributed by atoms with Gasteiger partial charge in [-0.05, 0) is 19.3 Å². The number of hydrogen-bond donors (Lipinski definition) is 1. The summed E-state index contributed by atoms with van der Waals surface area (Å²) < 4.78 is 10.1. The predicted octanol–water partition coefficient (Wildman–Crippen LogP) is 0.296. The summed E-state index contributed by atoms with van der Waals surface area (Å²) in [5, 5.41) is 0. The molecule has 1 heterocycles. The molecule has 0 aromatic carbocycles. The number of nitrogens with two attached hydrogens (primary N) is 1. The SMILES string of the molecule is COC(=O)C1CN(C(=O)COCCN)C2(CCCC2)C1. The monoisotopic (exact) mass is 284 g/mol. The van der Waals surface area contributed by atoms with Crippen molar-refractivity contribution in [3.8, 4) is 0 Å². The van der Waals surface area contributed by atoms with Gasteiger partial charge in [0, 0.05) is 18.6 Å². The van der Waals surface area contributed by atoms with Gasteiger partial charge in [-0.1, -0.05) is 12.8 Å². The lowest BCUT2D eigenvalue weighted by Crippen LogP contribution is -2.47. The van der Waals surface area contributed by atoms with Crippen LogP contribution in [0.2, 0.25) is 0 Å². The fraction of sp³-hybridized carbons (Fsp3) is 0.857. The zero-order valence-electron chi connectivity index (χ0n) is 12.1. The third-order valence-electron chi connectivity index (χ3n) is 4.46. The standard InChI is InChI=1S/C14H24N2O4/c1-19-13(18)11-8-14(4-2-3-5-14)16(9-11)12(17)10-20-7-6-15/h11H,2-10,15H2,1H3. The zero-order chi connectivity index (χ0) is 14.6. The highest BCUT2D eigenvalue weighted by Gasteiger charge is 2.51. The van der Waals surface area contributed by atoms with Crippen molar-refractivity contribution in [2.75, 3.05) is 33.4 Å². The second-order valence-corrected chi connectivity index (χ2v) is 5.70. The van der Waals surface area contributed by atoms with E-state index < -0.39 is 0 Å². The van der Waals surface area contributed by atoms with Crippen LogP contribution in [0, 0.1) is 5.92 Å². The summed E-state index contributed by atoms with van der Waals surface area (Å²) in [5.41, 5.74) is 5.20. The molecule has 1 aliphatic carbocycles. The first kappa shape index (κ1) is 15.3. The molecular weight excluding hydrogens is 260 g/mol. The zero-order valence-corrected chi connectivity index (χ0v) is 12.1. The molecular formula is C14H24N2O4. The molecule has 0 bridgehead atoms. The summed E-state index contributed by atoms with van der Waals surface area (Å²) in [6, 6.07) is 0. The van der Waals surface area contributed by atoms with Gasteiger partial charge in [-0.25, -0.2) is 0 Å². The van der Waals surface area contributed by atoms with Crippen LogP contribution in [0.15, 0.2) is 0 Å². The molecule has 114 valence electrons. The first-order chi connectivity index (χ1) is 9.63. The number of amides is 1. The van der Waals surface area contributed by atoms with Crippen LogP contribution >= 0.6 is 0 Å². The normalized spacial score (nSPS) is 24.3. The van der Waals surface area contributed by atoms with Crippen LogP contribution in [0.4, 0.5) is 0 Å². The third-order valence-corrected chi connectivity index (χ3v) is 4.46. The molecule has 20 heavy (non-hydrogen) atoms. The lowest BCUT2D eigenvalue weighted by atomic mass is 9.90. The van der Waals surface area contributed by atoms with Gasteiger partial charge < -0.3 is 20.1 Å². The summed E-state index contributed by atoms with van der Waals surface area (Å²) in [6.45, 7) is 1.29. The molecule has 6 heteroatoms. The van der Waals surface area contributed by atoms with Gasteiger partial charge in [0.25, 0.3) is 0 Å². The number of methoxy groups -OCH3 is 1. The van der Waals surface area contributed by atoms with Crippen molar-refractivity contribution in [1.82, 2.24) is 4.90 Å². The molecule has 1 aliphatic heterocycles. The van der Waals surface area contributed by atoms with E-state index >= 15 is 0 Å². The molecule has 1 saturated carbocycles. The van der Waals surface area contributed by atoms with Crippen LogP contribution in [0.25, 0.3) is 0 Å². The number of esters is 1. The highest BCUT2D eigenvalue weighted by molar-refractivity contribution is 5.81.